The normalized spacial score (nSPS) is 19.6. The van der Waals surface area contributed by atoms with E-state index in [0.717, 1.165) is 44.1 Å². The van der Waals surface area contributed by atoms with Crippen molar-refractivity contribution in [3.8, 4) is 0 Å². The third kappa shape index (κ3) is 6.81. The van der Waals surface area contributed by atoms with Crippen molar-refractivity contribution in [2.75, 3.05) is 19.6 Å². The topological polar surface area (TPSA) is 66.5 Å². The van der Waals surface area contributed by atoms with Gasteiger partial charge in [0.25, 0.3) is 0 Å². The van der Waals surface area contributed by atoms with Gasteiger partial charge in [-0.2, -0.15) is 4.31 Å². The van der Waals surface area contributed by atoms with E-state index >= 15 is 0 Å². The van der Waals surface area contributed by atoms with E-state index in [0.29, 0.717) is 30.4 Å². The summed E-state index contributed by atoms with van der Waals surface area (Å²) in [4.78, 5) is 12.9. The van der Waals surface area contributed by atoms with Gasteiger partial charge in [-0.1, -0.05) is 65.2 Å². The number of nitrogens with one attached hydrogen (secondary N) is 1. The number of amides is 1. The van der Waals surface area contributed by atoms with Crippen molar-refractivity contribution in [1.82, 2.24) is 9.62 Å². The lowest BCUT2D eigenvalue weighted by atomic mass is 9.90. The quantitative estimate of drug-likeness (QED) is 0.692. The van der Waals surface area contributed by atoms with Crippen LogP contribution in [-0.4, -0.2) is 38.3 Å². The number of benzene rings is 1. The Morgan fingerprint density at radius 1 is 0.967 bits per heavy atom. The minimum absolute atomic E-state index is 0. The molecular formula is C24H42N2O3S. The summed E-state index contributed by atoms with van der Waals surface area (Å²) < 4.78 is 27.4. The minimum Gasteiger partial charge on any atom is -0.356 e. The molecule has 1 amide bonds. The van der Waals surface area contributed by atoms with Gasteiger partial charge < -0.3 is 5.32 Å². The van der Waals surface area contributed by atoms with Crippen LogP contribution in [0.2, 0.25) is 0 Å². The number of nitrogens with zero attached hydrogens (tertiary/aromatic N) is 1. The van der Waals surface area contributed by atoms with E-state index in [9.17, 15) is 13.2 Å². The highest BCUT2D eigenvalue weighted by Crippen LogP contribution is 2.26. The van der Waals surface area contributed by atoms with Crippen LogP contribution in [0.3, 0.4) is 0 Å². The summed E-state index contributed by atoms with van der Waals surface area (Å²) in [7, 11) is -3.43. The zero-order valence-electron chi connectivity index (χ0n) is 17.0. The van der Waals surface area contributed by atoms with E-state index in [4.69, 9.17) is 0 Å². The second-order valence-electron chi connectivity index (χ2n) is 8.40. The largest absolute Gasteiger partial charge is 0.356 e. The Labute approximate surface area is 184 Å². The van der Waals surface area contributed by atoms with E-state index < -0.39 is 10.0 Å². The van der Waals surface area contributed by atoms with E-state index in [-0.39, 0.29) is 26.7 Å². The molecule has 0 spiro atoms. The molecule has 1 aromatic carbocycles. The predicted molar refractivity (Wildman–Crippen MR) is 125 cm³/mol. The standard InChI is InChI=1S/C22H34N2O3S.2CH4/c1-18-9-7-8-12-21(18)28(26,27)24-15-13-19(14-16-24)17-23-22(25)20-10-5-3-2-4-6-11-20;;/h7-9,12,19-20H,2-6,10-11,13-17H2,1H3,(H,23,25);2*1H4. The first-order valence-corrected chi connectivity index (χ1v) is 12.3. The molecule has 0 unspecified atom stereocenters. The molecule has 1 heterocycles. The molecule has 5 nitrogen and oxygen atoms in total. The molecule has 2 fully saturated rings. The number of sulfonamides is 1. The molecule has 2 aliphatic rings. The summed E-state index contributed by atoms with van der Waals surface area (Å²) in [6.45, 7) is 3.57. The number of hydrogen-bond donors (Lipinski definition) is 1. The monoisotopic (exact) mass is 438 g/mol. The van der Waals surface area contributed by atoms with Crippen molar-refractivity contribution in [1.29, 1.82) is 0 Å². The molecule has 172 valence electrons. The van der Waals surface area contributed by atoms with Crippen molar-refractivity contribution in [2.24, 2.45) is 11.8 Å². The van der Waals surface area contributed by atoms with E-state index in [1.807, 2.05) is 19.1 Å². The van der Waals surface area contributed by atoms with Crippen LogP contribution in [0.15, 0.2) is 29.2 Å². The lowest BCUT2D eigenvalue weighted by Gasteiger charge is -2.32. The summed E-state index contributed by atoms with van der Waals surface area (Å²) in [6, 6.07) is 7.16. The number of piperidine rings is 1. The molecular weight excluding hydrogens is 396 g/mol. The summed E-state index contributed by atoms with van der Waals surface area (Å²) >= 11 is 0. The first-order valence-electron chi connectivity index (χ1n) is 10.8. The third-order valence-electron chi connectivity index (χ3n) is 6.33. The molecule has 1 aliphatic carbocycles. The van der Waals surface area contributed by atoms with Gasteiger partial charge in [-0.05, 0) is 50.2 Å². The van der Waals surface area contributed by atoms with E-state index in [1.165, 1.54) is 19.3 Å². The molecule has 0 bridgehead atoms. The Kier molecular flexibility index (Phi) is 11.1. The summed E-state index contributed by atoms with van der Waals surface area (Å²) in [5, 5.41) is 3.16. The second-order valence-corrected chi connectivity index (χ2v) is 10.3. The van der Waals surface area contributed by atoms with Gasteiger partial charge in [-0.15, -0.1) is 0 Å². The predicted octanol–water partition coefficient (Wildman–Crippen LogP) is 5.14. The maximum atomic E-state index is 12.9. The minimum atomic E-state index is -3.43. The van der Waals surface area contributed by atoms with E-state index in [1.54, 1.807) is 16.4 Å². The van der Waals surface area contributed by atoms with Gasteiger partial charge in [-0.25, -0.2) is 8.42 Å². The molecule has 6 heteroatoms. The van der Waals surface area contributed by atoms with Crippen LogP contribution in [0, 0.1) is 18.8 Å². The summed E-state index contributed by atoms with van der Waals surface area (Å²) in [5.41, 5.74) is 0.788. The average Bonchev–Trinajstić information content (AvgIpc) is 2.66. The number of rotatable bonds is 5. The molecule has 1 saturated heterocycles. The highest BCUT2D eigenvalue weighted by Gasteiger charge is 2.30. The average molecular weight is 439 g/mol. The molecule has 0 atom stereocenters. The van der Waals surface area contributed by atoms with Gasteiger partial charge >= 0.3 is 0 Å². The number of aryl methyl sites for hydroxylation is 1. The number of carbonyl (C=O) groups excluding carboxylic acids is 1. The Balaban J connectivity index is 0.00000225. The first kappa shape index (κ1) is 26.6. The highest BCUT2D eigenvalue weighted by molar-refractivity contribution is 7.89. The molecule has 30 heavy (non-hydrogen) atoms. The van der Waals surface area contributed by atoms with Gasteiger partial charge in [0.2, 0.25) is 15.9 Å². The Hall–Kier alpha value is -1.40. The maximum Gasteiger partial charge on any atom is 0.243 e. The van der Waals surface area contributed by atoms with Gasteiger partial charge in [0.1, 0.15) is 0 Å². The van der Waals surface area contributed by atoms with Crippen molar-refractivity contribution in [2.45, 2.75) is 84.5 Å². The molecule has 1 aromatic rings. The zero-order chi connectivity index (χ0) is 20.0. The third-order valence-corrected chi connectivity index (χ3v) is 8.38. The molecule has 1 N–H and O–H groups in total. The highest BCUT2D eigenvalue weighted by atomic mass is 32.2. The molecule has 0 aromatic heterocycles. The van der Waals surface area contributed by atoms with Gasteiger partial charge in [0, 0.05) is 25.6 Å². The summed E-state index contributed by atoms with van der Waals surface area (Å²) in [6.07, 6.45) is 9.75. The maximum absolute atomic E-state index is 12.9. The van der Waals surface area contributed by atoms with Crippen molar-refractivity contribution in [3.63, 3.8) is 0 Å². The van der Waals surface area contributed by atoms with Crippen molar-refractivity contribution < 1.29 is 13.2 Å². The van der Waals surface area contributed by atoms with Crippen LogP contribution in [0.25, 0.3) is 0 Å². The lowest BCUT2D eigenvalue weighted by molar-refractivity contribution is -0.125. The van der Waals surface area contributed by atoms with Crippen molar-refractivity contribution in [3.05, 3.63) is 29.8 Å². The fraction of sp³-hybridized carbons (Fsp3) is 0.708. The number of hydrogen-bond acceptors (Lipinski definition) is 3. The Bertz CT molecular complexity index is 747. The SMILES string of the molecule is C.C.Cc1ccccc1S(=O)(=O)N1CCC(CNC(=O)C2CCCCCCC2)CC1. The Morgan fingerprint density at radius 2 is 1.53 bits per heavy atom. The van der Waals surface area contributed by atoms with Gasteiger partial charge in [0.15, 0.2) is 0 Å². The number of carbonyl (C=O) groups is 1. The van der Waals surface area contributed by atoms with Crippen LogP contribution in [0.5, 0.6) is 0 Å². The fourth-order valence-electron chi connectivity index (χ4n) is 4.45. The van der Waals surface area contributed by atoms with E-state index in [2.05, 4.69) is 5.32 Å². The van der Waals surface area contributed by atoms with Crippen LogP contribution >= 0.6 is 0 Å². The zero-order valence-corrected chi connectivity index (χ0v) is 17.8. The molecule has 1 aliphatic heterocycles. The smallest absolute Gasteiger partial charge is 0.243 e. The van der Waals surface area contributed by atoms with Crippen molar-refractivity contribution >= 4 is 15.9 Å². The van der Waals surface area contributed by atoms with Gasteiger partial charge in [0.05, 0.1) is 4.90 Å². The molecule has 0 radical (unpaired) electrons. The van der Waals surface area contributed by atoms with Crippen LogP contribution < -0.4 is 5.32 Å². The second kappa shape index (κ2) is 12.5. The van der Waals surface area contributed by atoms with Crippen LogP contribution in [-0.2, 0) is 14.8 Å². The van der Waals surface area contributed by atoms with Gasteiger partial charge in [-0.3, -0.25) is 4.79 Å². The lowest BCUT2D eigenvalue weighted by Crippen LogP contribution is -2.42. The fourth-order valence-corrected chi connectivity index (χ4v) is 6.14. The Morgan fingerprint density at radius 3 is 2.13 bits per heavy atom. The van der Waals surface area contributed by atoms with Crippen LogP contribution in [0.1, 0.15) is 78.2 Å². The summed E-state index contributed by atoms with van der Waals surface area (Å²) in [5.74, 6) is 0.736. The van der Waals surface area contributed by atoms with Crippen LogP contribution in [0.4, 0.5) is 0 Å². The molecule has 3 rings (SSSR count). The first-order chi connectivity index (χ1) is 13.5. The molecule has 1 saturated carbocycles.